The maximum atomic E-state index is 11.5. The maximum absolute atomic E-state index is 11.5. The fraction of sp³-hybridized carbons (Fsp3) is 0.933. The van der Waals surface area contributed by atoms with E-state index < -0.39 is 5.60 Å². The molecule has 124 valence electrons. The lowest BCUT2D eigenvalue weighted by atomic mass is 9.88. The maximum Gasteiger partial charge on any atom is 0.222 e. The first-order chi connectivity index (χ1) is 9.61. The van der Waals surface area contributed by atoms with Gasteiger partial charge in [-0.15, -0.1) is 24.0 Å². The molecule has 1 unspecified atom stereocenters. The number of aliphatic hydroxyl groups is 1. The summed E-state index contributed by atoms with van der Waals surface area (Å²) < 4.78 is 5.38. The van der Waals surface area contributed by atoms with Crippen molar-refractivity contribution in [2.45, 2.75) is 44.1 Å². The van der Waals surface area contributed by atoms with Crippen molar-refractivity contribution in [1.82, 2.24) is 10.2 Å². The highest BCUT2D eigenvalue weighted by molar-refractivity contribution is 14.0. The van der Waals surface area contributed by atoms with Crippen LogP contribution in [0.5, 0.6) is 0 Å². The van der Waals surface area contributed by atoms with Crippen molar-refractivity contribution in [1.29, 1.82) is 0 Å². The predicted octanol–water partition coefficient (Wildman–Crippen LogP) is 1.38. The molecule has 0 spiro atoms. The minimum Gasteiger partial charge on any atom is -0.388 e. The number of hydrogen-bond acceptors (Lipinski definition) is 4. The van der Waals surface area contributed by atoms with Crippen molar-refractivity contribution in [3.05, 3.63) is 0 Å². The molecule has 6 heteroatoms. The summed E-state index contributed by atoms with van der Waals surface area (Å²) in [6.07, 6.45) is 5.43. The van der Waals surface area contributed by atoms with Crippen LogP contribution < -0.4 is 5.32 Å². The molecule has 0 bridgehead atoms. The second kappa shape index (κ2) is 9.27. The number of hydrogen-bond donors (Lipinski definition) is 2. The fourth-order valence-corrected chi connectivity index (χ4v) is 3.33. The number of halogens is 1. The average Bonchev–Trinajstić information content (AvgIpc) is 2.46. The molecule has 2 aliphatic rings. The molecule has 1 amide bonds. The van der Waals surface area contributed by atoms with Crippen LogP contribution in [0.1, 0.15) is 38.5 Å². The van der Waals surface area contributed by atoms with Gasteiger partial charge in [-0.1, -0.05) is 0 Å². The van der Waals surface area contributed by atoms with Gasteiger partial charge < -0.3 is 20.1 Å². The molecule has 0 radical (unpaired) electrons. The van der Waals surface area contributed by atoms with Gasteiger partial charge >= 0.3 is 0 Å². The van der Waals surface area contributed by atoms with E-state index in [9.17, 15) is 9.90 Å². The van der Waals surface area contributed by atoms with Crippen molar-refractivity contribution in [2.24, 2.45) is 5.92 Å². The van der Waals surface area contributed by atoms with E-state index in [2.05, 4.69) is 10.2 Å². The van der Waals surface area contributed by atoms with Crippen molar-refractivity contribution in [2.75, 3.05) is 39.9 Å². The Kier molecular flexibility index (Phi) is 8.44. The summed E-state index contributed by atoms with van der Waals surface area (Å²) in [6.45, 7) is 4.49. The Hall–Kier alpha value is 0.0800. The third-order valence-corrected chi connectivity index (χ3v) is 4.60. The number of rotatable bonds is 5. The van der Waals surface area contributed by atoms with E-state index in [4.69, 9.17) is 4.74 Å². The number of nitrogens with one attached hydrogen (secondary N) is 1. The van der Waals surface area contributed by atoms with Crippen LogP contribution in [0, 0.1) is 5.92 Å². The lowest BCUT2D eigenvalue weighted by Crippen LogP contribution is -2.50. The number of ether oxygens (including phenoxy) is 1. The minimum absolute atomic E-state index is 0. The molecule has 2 saturated heterocycles. The number of amides is 1. The monoisotopic (exact) mass is 412 g/mol. The summed E-state index contributed by atoms with van der Waals surface area (Å²) in [5.41, 5.74) is -0.839. The minimum atomic E-state index is -0.839. The summed E-state index contributed by atoms with van der Waals surface area (Å²) in [5, 5.41) is 13.2. The molecule has 2 aliphatic heterocycles. The lowest BCUT2D eigenvalue weighted by Gasteiger charge is -2.39. The standard InChI is InChI=1S/C15H28N2O3.HI/c1-16-14(18)11-15(19)6-2-7-17(12-15)8-3-13-4-9-20-10-5-13;/h13,19H,2-12H2,1H3,(H,16,18);1H. The highest BCUT2D eigenvalue weighted by atomic mass is 127. The van der Waals surface area contributed by atoms with Crippen molar-refractivity contribution in [3.8, 4) is 0 Å². The van der Waals surface area contributed by atoms with E-state index in [1.807, 2.05) is 0 Å². The Bertz CT molecular complexity index is 324. The Morgan fingerprint density at radius 3 is 2.81 bits per heavy atom. The van der Waals surface area contributed by atoms with E-state index >= 15 is 0 Å². The zero-order valence-corrected chi connectivity index (χ0v) is 15.3. The van der Waals surface area contributed by atoms with Gasteiger partial charge in [0.05, 0.1) is 12.0 Å². The summed E-state index contributed by atoms with van der Waals surface area (Å²) in [5.74, 6) is 0.691. The summed E-state index contributed by atoms with van der Waals surface area (Å²) in [7, 11) is 1.62. The van der Waals surface area contributed by atoms with Crippen LogP contribution >= 0.6 is 24.0 Å². The zero-order valence-electron chi connectivity index (χ0n) is 13.0. The number of carbonyl (C=O) groups is 1. The molecular weight excluding hydrogens is 383 g/mol. The SMILES string of the molecule is CNC(=O)CC1(O)CCCN(CCC2CCOCC2)C1.I. The molecule has 2 rings (SSSR count). The van der Waals surface area contributed by atoms with Gasteiger partial charge in [0.25, 0.3) is 0 Å². The molecule has 2 heterocycles. The highest BCUT2D eigenvalue weighted by Crippen LogP contribution is 2.26. The molecular formula is C15H29IN2O3. The van der Waals surface area contributed by atoms with E-state index in [-0.39, 0.29) is 36.3 Å². The Balaban J connectivity index is 0.00000220. The molecule has 0 saturated carbocycles. The Labute approximate surface area is 144 Å². The first kappa shape index (κ1) is 19.1. The molecule has 2 N–H and O–H groups in total. The van der Waals surface area contributed by atoms with Crippen LogP contribution in [0.15, 0.2) is 0 Å². The van der Waals surface area contributed by atoms with Crippen molar-refractivity contribution >= 4 is 29.9 Å². The van der Waals surface area contributed by atoms with Gasteiger partial charge in [0.2, 0.25) is 5.91 Å². The van der Waals surface area contributed by atoms with Gasteiger partial charge in [-0.3, -0.25) is 4.79 Å². The van der Waals surface area contributed by atoms with E-state index in [0.717, 1.165) is 57.9 Å². The van der Waals surface area contributed by atoms with Crippen LogP contribution in [-0.2, 0) is 9.53 Å². The first-order valence-electron chi connectivity index (χ1n) is 7.84. The van der Waals surface area contributed by atoms with Gasteiger partial charge in [0.15, 0.2) is 0 Å². The third kappa shape index (κ3) is 6.38. The molecule has 1 atom stereocenters. The molecule has 0 aromatic carbocycles. The van der Waals surface area contributed by atoms with E-state index in [0.29, 0.717) is 6.54 Å². The number of β-amino-alcohol motifs (C(OH)–C–C–N with tert-alkyl or cyclic N) is 1. The normalized spacial score (nSPS) is 27.9. The number of carbonyl (C=O) groups excluding carboxylic acids is 1. The molecule has 0 aromatic heterocycles. The van der Waals surface area contributed by atoms with Crippen LogP contribution in [0.25, 0.3) is 0 Å². The number of piperidine rings is 1. The topological polar surface area (TPSA) is 61.8 Å². The van der Waals surface area contributed by atoms with Crippen LogP contribution in [-0.4, -0.2) is 61.4 Å². The number of likely N-dealkylation sites (tertiary alicyclic amines) is 1. The average molecular weight is 412 g/mol. The van der Waals surface area contributed by atoms with Gasteiger partial charge in [0.1, 0.15) is 0 Å². The molecule has 0 aliphatic carbocycles. The Morgan fingerprint density at radius 1 is 1.43 bits per heavy atom. The smallest absolute Gasteiger partial charge is 0.222 e. The van der Waals surface area contributed by atoms with Gasteiger partial charge in [-0.25, -0.2) is 0 Å². The molecule has 2 fully saturated rings. The quantitative estimate of drug-likeness (QED) is 0.670. The highest BCUT2D eigenvalue weighted by Gasteiger charge is 2.35. The van der Waals surface area contributed by atoms with Gasteiger partial charge in [-0.2, -0.15) is 0 Å². The molecule has 21 heavy (non-hydrogen) atoms. The molecule has 5 nitrogen and oxygen atoms in total. The lowest BCUT2D eigenvalue weighted by molar-refractivity contribution is -0.128. The fourth-order valence-electron chi connectivity index (χ4n) is 3.33. The summed E-state index contributed by atoms with van der Waals surface area (Å²) in [4.78, 5) is 13.8. The van der Waals surface area contributed by atoms with Crippen molar-refractivity contribution < 1.29 is 14.6 Å². The first-order valence-corrected chi connectivity index (χ1v) is 7.84. The predicted molar refractivity (Wildman–Crippen MR) is 92.9 cm³/mol. The second-order valence-electron chi connectivity index (χ2n) is 6.30. The summed E-state index contributed by atoms with van der Waals surface area (Å²) >= 11 is 0. The van der Waals surface area contributed by atoms with Gasteiger partial charge in [0, 0.05) is 26.8 Å². The van der Waals surface area contributed by atoms with Crippen molar-refractivity contribution in [3.63, 3.8) is 0 Å². The third-order valence-electron chi connectivity index (χ3n) is 4.60. The van der Waals surface area contributed by atoms with E-state index in [1.54, 1.807) is 7.05 Å². The molecule has 0 aromatic rings. The van der Waals surface area contributed by atoms with E-state index in [1.165, 1.54) is 6.42 Å². The second-order valence-corrected chi connectivity index (χ2v) is 6.30. The largest absolute Gasteiger partial charge is 0.388 e. The van der Waals surface area contributed by atoms with Crippen LogP contribution in [0.4, 0.5) is 0 Å². The van der Waals surface area contributed by atoms with Crippen LogP contribution in [0.3, 0.4) is 0 Å². The summed E-state index contributed by atoms with van der Waals surface area (Å²) in [6, 6.07) is 0. The Morgan fingerprint density at radius 2 is 2.14 bits per heavy atom. The number of nitrogens with zero attached hydrogens (tertiary/aromatic N) is 1. The van der Waals surface area contributed by atoms with Crippen LogP contribution in [0.2, 0.25) is 0 Å². The van der Waals surface area contributed by atoms with Gasteiger partial charge in [-0.05, 0) is 51.1 Å². The zero-order chi connectivity index (χ0) is 14.4.